The van der Waals surface area contributed by atoms with Gasteiger partial charge in [-0.3, -0.25) is 0 Å². The largest absolute Gasteiger partial charge is 0.390 e. The molecule has 0 spiro atoms. The maximum Gasteiger partial charge on any atom is 0.0620 e. The Hall–Kier alpha value is -0.0800. The van der Waals surface area contributed by atoms with E-state index in [2.05, 4.69) is 18.7 Å². The SMILES string of the molecule is CC(C)C1CCN(CCC2CCC(C)(O)CC2)CC1. The summed E-state index contributed by atoms with van der Waals surface area (Å²) in [5, 5.41) is 9.98. The molecule has 1 N–H and O–H groups in total. The molecule has 1 aliphatic heterocycles. The summed E-state index contributed by atoms with van der Waals surface area (Å²) >= 11 is 0. The van der Waals surface area contributed by atoms with Gasteiger partial charge < -0.3 is 10.0 Å². The van der Waals surface area contributed by atoms with E-state index < -0.39 is 0 Å². The third kappa shape index (κ3) is 4.75. The van der Waals surface area contributed by atoms with E-state index in [1.165, 1.54) is 51.7 Å². The number of hydrogen-bond donors (Lipinski definition) is 1. The minimum absolute atomic E-state index is 0.369. The van der Waals surface area contributed by atoms with Gasteiger partial charge in [-0.25, -0.2) is 0 Å². The van der Waals surface area contributed by atoms with E-state index in [1.54, 1.807) is 0 Å². The summed E-state index contributed by atoms with van der Waals surface area (Å²) in [6.45, 7) is 10.7. The highest BCUT2D eigenvalue weighted by Crippen LogP contribution is 2.33. The average Bonchev–Trinajstić information content (AvgIpc) is 2.38. The van der Waals surface area contributed by atoms with Crippen LogP contribution >= 0.6 is 0 Å². The Morgan fingerprint density at radius 1 is 1.11 bits per heavy atom. The zero-order valence-corrected chi connectivity index (χ0v) is 13.2. The van der Waals surface area contributed by atoms with Crippen LogP contribution in [0.1, 0.15) is 65.7 Å². The van der Waals surface area contributed by atoms with Crippen molar-refractivity contribution in [3.63, 3.8) is 0 Å². The van der Waals surface area contributed by atoms with Crippen LogP contribution in [0.25, 0.3) is 0 Å². The molecule has 1 heterocycles. The molecule has 0 amide bonds. The predicted molar refractivity (Wildman–Crippen MR) is 81.2 cm³/mol. The van der Waals surface area contributed by atoms with E-state index >= 15 is 0 Å². The molecule has 1 aliphatic carbocycles. The number of aliphatic hydroxyl groups is 1. The maximum absolute atomic E-state index is 9.98. The maximum atomic E-state index is 9.98. The lowest BCUT2D eigenvalue weighted by atomic mass is 9.78. The molecule has 0 radical (unpaired) electrons. The molecule has 112 valence electrons. The molecule has 0 aromatic heterocycles. The van der Waals surface area contributed by atoms with Crippen LogP contribution in [0.5, 0.6) is 0 Å². The third-order valence-electron chi connectivity index (χ3n) is 5.61. The highest BCUT2D eigenvalue weighted by atomic mass is 16.3. The van der Waals surface area contributed by atoms with Crippen LogP contribution in [-0.4, -0.2) is 35.2 Å². The fourth-order valence-electron chi connectivity index (χ4n) is 3.80. The molecule has 2 rings (SSSR count). The molecule has 2 nitrogen and oxygen atoms in total. The standard InChI is InChI=1S/C17H33NO/c1-14(2)16-7-12-18(13-8-16)11-6-15-4-9-17(3,19)10-5-15/h14-16,19H,4-13H2,1-3H3. The zero-order chi connectivity index (χ0) is 13.9. The molecule has 1 saturated carbocycles. The molecule has 2 aliphatic rings. The van der Waals surface area contributed by atoms with Crippen LogP contribution < -0.4 is 0 Å². The Morgan fingerprint density at radius 2 is 1.68 bits per heavy atom. The lowest BCUT2D eigenvalue weighted by Crippen LogP contribution is -2.37. The molecule has 0 aromatic carbocycles. The number of rotatable bonds is 4. The summed E-state index contributed by atoms with van der Waals surface area (Å²) in [6.07, 6.45) is 8.63. The highest BCUT2D eigenvalue weighted by molar-refractivity contribution is 4.82. The van der Waals surface area contributed by atoms with E-state index in [9.17, 15) is 5.11 Å². The van der Waals surface area contributed by atoms with E-state index in [-0.39, 0.29) is 5.60 Å². The van der Waals surface area contributed by atoms with Gasteiger partial charge in [0.05, 0.1) is 5.60 Å². The summed E-state index contributed by atoms with van der Waals surface area (Å²) in [7, 11) is 0. The number of piperidine rings is 1. The molecule has 0 unspecified atom stereocenters. The van der Waals surface area contributed by atoms with Crippen LogP contribution in [0.15, 0.2) is 0 Å². The normalized spacial score (nSPS) is 34.9. The van der Waals surface area contributed by atoms with Crippen molar-refractivity contribution in [3.8, 4) is 0 Å². The van der Waals surface area contributed by atoms with Gasteiger partial charge in [0.2, 0.25) is 0 Å². The summed E-state index contributed by atoms with van der Waals surface area (Å²) < 4.78 is 0. The van der Waals surface area contributed by atoms with Crippen molar-refractivity contribution in [2.24, 2.45) is 17.8 Å². The quantitative estimate of drug-likeness (QED) is 0.840. The zero-order valence-electron chi connectivity index (χ0n) is 13.2. The van der Waals surface area contributed by atoms with E-state index in [0.717, 1.165) is 30.6 Å². The van der Waals surface area contributed by atoms with Gasteiger partial charge in [0.1, 0.15) is 0 Å². The number of nitrogens with zero attached hydrogens (tertiary/aromatic N) is 1. The molecule has 2 fully saturated rings. The second-order valence-electron chi connectivity index (χ2n) is 7.65. The minimum atomic E-state index is -0.369. The molecule has 0 bridgehead atoms. The molecule has 0 aromatic rings. The first-order valence-corrected chi connectivity index (χ1v) is 8.41. The van der Waals surface area contributed by atoms with Gasteiger partial charge >= 0.3 is 0 Å². The highest BCUT2D eigenvalue weighted by Gasteiger charge is 2.29. The Balaban J connectivity index is 1.62. The van der Waals surface area contributed by atoms with Crippen molar-refractivity contribution < 1.29 is 5.11 Å². The Labute approximate surface area is 119 Å². The van der Waals surface area contributed by atoms with Crippen molar-refractivity contribution in [2.45, 2.75) is 71.3 Å². The van der Waals surface area contributed by atoms with Gasteiger partial charge in [0, 0.05) is 0 Å². The Bertz CT molecular complexity index is 256. The van der Waals surface area contributed by atoms with Crippen LogP contribution in [0.3, 0.4) is 0 Å². The lowest BCUT2D eigenvalue weighted by Gasteiger charge is -2.36. The van der Waals surface area contributed by atoms with Crippen LogP contribution in [-0.2, 0) is 0 Å². The number of hydrogen-bond acceptors (Lipinski definition) is 2. The second kappa shape index (κ2) is 6.58. The van der Waals surface area contributed by atoms with Crippen molar-refractivity contribution >= 4 is 0 Å². The summed E-state index contributed by atoms with van der Waals surface area (Å²) in [4.78, 5) is 2.67. The fraction of sp³-hybridized carbons (Fsp3) is 1.00. The average molecular weight is 267 g/mol. The van der Waals surface area contributed by atoms with E-state index in [1.807, 2.05) is 6.92 Å². The third-order valence-corrected chi connectivity index (χ3v) is 5.61. The summed E-state index contributed by atoms with van der Waals surface area (Å²) in [5.74, 6) is 2.69. The second-order valence-corrected chi connectivity index (χ2v) is 7.65. The van der Waals surface area contributed by atoms with Crippen molar-refractivity contribution in [1.82, 2.24) is 4.90 Å². The molecular weight excluding hydrogens is 234 g/mol. The summed E-state index contributed by atoms with van der Waals surface area (Å²) in [6, 6.07) is 0. The number of likely N-dealkylation sites (tertiary alicyclic amines) is 1. The van der Waals surface area contributed by atoms with Gasteiger partial charge in [0.25, 0.3) is 0 Å². The van der Waals surface area contributed by atoms with Gasteiger partial charge in [-0.05, 0) is 89.3 Å². The Kier molecular flexibility index (Phi) is 5.30. The van der Waals surface area contributed by atoms with Gasteiger partial charge in [-0.2, -0.15) is 0 Å². The molecule has 19 heavy (non-hydrogen) atoms. The van der Waals surface area contributed by atoms with Crippen molar-refractivity contribution in [3.05, 3.63) is 0 Å². The monoisotopic (exact) mass is 267 g/mol. The minimum Gasteiger partial charge on any atom is -0.390 e. The first-order chi connectivity index (χ1) is 8.96. The topological polar surface area (TPSA) is 23.5 Å². The van der Waals surface area contributed by atoms with Crippen molar-refractivity contribution in [1.29, 1.82) is 0 Å². The van der Waals surface area contributed by atoms with E-state index in [0.29, 0.717) is 0 Å². The van der Waals surface area contributed by atoms with Crippen LogP contribution in [0.4, 0.5) is 0 Å². The summed E-state index contributed by atoms with van der Waals surface area (Å²) in [5.41, 5.74) is -0.369. The van der Waals surface area contributed by atoms with Crippen molar-refractivity contribution in [2.75, 3.05) is 19.6 Å². The van der Waals surface area contributed by atoms with Gasteiger partial charge in [-0.1, -0.05) is 13.8 Å². The van der Waals surface area contributed by atoms with Gasteiger partial charge in [-0.15, -0.1) is 0 Å². The lowest BCUT2D eigenvalue weighted by molar-refractivity contribution is 0.00513. The first-order valence-electron chi connectivity index (χ1n) is 8.41. The Morgan fingerprint density at radius 3 is 2.21 bits per heavy atom. The molecular formula is C17H33NO. The van der Waals surface area contributed by atoms with Crippen LogP contribution in [0, 0.1) is 17.8 Å². The molecule has 2 heteroatoms. The fourth-order valence-corrected chi connectivity index (χ4v) is 3.80. The van der Waals surface area contributed by atoms with Crippen LogP contribution in [0.2, 0.25) is 0 Å². The molecule has 1 saturated heterocycles. The predicted octanol–water partition coefficient (Wildman–Crippen LogP) is 3.69. The van der Waals surface area contributed by atoms with E-state index in [4.69, 9.17) is 0 Å². The first kappa shape index (κ1) is 15.3. The smallest absolute Gasteiger partial charge is 0.0620 e. The molecule has 0 atom stereocenters. The van der Waals surface area contributed by atoms with Gasteiger partial charge in [0.15, 0.2) is 0 Å².